The summed E-state index contributed by atoms with van der Waals surface area (Å²) in [4.78, 5) is 24.8. The Balaban J connectivity index is 3.24. The van der Waals surface area contributed by atoms with Gasteiger partial charge in [0.25, 0.3) is 5.56 Å². The number of likely N-dealkylation sites (N-methyl/N-ethyl adjacent to an activating group) is 1. The molecule has 1 aromatic rings. The lowest BCUT2D eigenvalue weighted by molar-refractivity contribution is -0.129. The molecule has 0 aliphatic heterocycles. The first-order chi connectivity index (χ1) is 9.73. The lowest BCUT2D eigenvalue weighted by atomic mass is 10.4. The first-order valence-corrected chi connectivity index (χ1v) is 8.08. The Hall–Kier alpha value is -1.67. The first-order valence-electron chi connectivity index (χ1n) is 6.64. The molecule has 0 radical (unpaired) electrons. The fourth-order valence-electron chi connectivity index (χ4n) is 1.79. The predicted octanol–water partition coefficient (Wildman–Crippen LogP) is -0.0330. The summed E-state index contributed by atoms with van der Waals surface area (Å²) in [5.74, 6) is -0.283. The molecular weight excluding hydrogens is 294 g/mol. The van der Waals surface area contributed by atoms with Gasteiger partial charge in [-0.25, -0.2) is 8.42 Å². The molecule has 21 heavy (non-hydrogen) atoms. The number of aromatic nitrogens is 1. The summed E-state index contributed by atoms with van der Waals surface area (Å²) in [5.41, 5.74) is -0.413. The van der Waals surface area contributed by atoms with Gasteiger partial charge in [0.2, 0.25) is 15.9 Å². The molecule has 0 saturated carbocycles. The lowest BCUT2D eigenvalue weighted by Gasteiger charge is -2.19. The van der Waals surface area contributed by atoms with E-state index in [1.54, 1.807) is 27.9 Å². The molecule has 0 spiro atoms. The summed E-state index contributed by atoms with van der Waals surface area (Å²) < 4.78 is 27.2. The van der Waals surface area contributed by atoms with Crippen LogP contribution in [0.2, 0.25) is 0 Å². The second-order valence-electron chi connectivity index (χ2n) is 4.71. The first kappa shape index (κ1) is 17.4. The van der Waals surface area contributed by atoms with Gasteiger partial charge in [-0.3, -0.25) is 9.59 Å². The van der Waals surface area contributed by atoms with Gasteiger partial charge in [-0.2, -0.15) is 4.31 Å². The van der Waals surface area contributed by atoms with Crippen LogP contribution in [0.5, 0.6) is 0 Å². The minimum absolute atomic E-state index is 0.0114. The normalized spacial score (nSPS) is 11.7. The number of amides is 1. The molecule has 1 rings (SSSR count). The van der Waals surface area contributed by atoms with Crippen molar-refractivity contribution in [2.75, 3.05) is 27.2 Å². The molecule has 0 N–H and O–H groups in total. The van der Waals surface area contributed by atoms with Crippen molar-refractivity contribution in [1.82, 2.24) is 13.8 Å². The van der Waals surface area contributed by atoms with Gasteiger partial charge in [0, 0.05) is 39.4 Å². The number of hydrogen-bond acceptors (Lipinski definition) is 4. The van der Waals surface area contributed by atoms with Crippen LogP contribution in [0.25, 0.3) is 0 Å². The van der Waals surface area contributed by atoms with Gasteiger partial charge in [-0.05, 0) is 6.07 Å². The van der Waals surface area contributed by atoms with Crippen LogP contribution in [0, 0.1) is 0 Å². The summed E-state index contributed by atoms with van der Waals surface area (Å²) >= 11 is 0. The molecule has 7 nitrogen and oxygen atoms in total. The van der Waals surface area contributed by atoms with Crippen molar-refractivity contribution >= 4 is 15.9 Å². The number of hydrogen-bond donors (Lipinski definition) is 0. The lowest BCUT2D eigenvalue weighted by Crippen LogP contribution is -2.34. The summed E-state index contributed by atoms with van der Waals surface area (Å²) in [6.07, 6.45) is 1.22. The number of nitrogens with zero attached hydrogens (tertiary/aromatic N) is 3. The third-order valence-electron chi connectivity index (χ3n) is 3.10. The van der Waals surface area contributed by atoms with E-state index >= 15 is 0 Å². The van der Waals surface area contributed by atoms with Gasteiger partial charge < -0.3 is 9.47 Å². The zero-order valence-electron chi connectivity index (χ0n) is 12.7. The Kier molecular flexibility index (Phi) is 5.68. The maximum Gasteiger partial charge on any atom is 0.251 e. The van der Waals surface area contributed by atoms with Crippen molar-refractivity contribution in [2.45, 2.75) is 25.3 Å². The molecule has 8 heteroatoms. The second-order valence-corrected chi connectivity index (χ2v) is 6.65. The zero-order valence-corrected chi connectivity index (χ0v) is 13.6. The van der Waals surface area contributed by atoms with E-state index in [9.17, 15) is 18.0 Å². The van der Waals surface area contributed by atoms with Gasteiger partial charge >= 0.3 is 0 Å². The van der Waals surface area contributed by atoms with Gasteiger partial charge in [0.1, 0.15) is 6.54 Å². The van der Waals surface area contributed by atoms with Crippen LogP contribution >= 0.6 is 0 Å². The summed E-state index contributed by atoms with van der Waals surface area (Å²) in [7, 11) is -0.501. The highest BCUT2D eigenvalue weighted by molar-refractivity contribution is 7.89. The quantitative estimate of drug-likeness (QED) is 0.738. The highest BCUT2D eigenvalue weighted by Crippen LogP contribution is 2.13. The average molecular weight is 315 g/mol. The maximum atomic E-state index is 12.4. The van der Waals surface area contributed by atoms with Gasteiger partial charge in [0.05, 0.1) is 4.90 Å². The summed E-state index contributed by atoms with van der Waals surface area (Å²) in [5, 5.41) is 0. The van der Waals surface area contributed by atoms with Crippen LogP contribution < -0.4 is 5.56 Å². The minimum Gasteiger partial charge on any atom is -0.347 e. The molecule has 0 bridgehead atoms. The monoisotopic (exact) mass is 315 g/mol. The molecule has 0 aliphatic carbocycles. The van der Waals surface area contributed by atoms with Crippen LogP contribution in [0.15, 0.2) is 28.0 Å². The zero-order chi connectivity index (χ0) is 16.2. The number of carbonyl (C=O) groups is 1. The third kappa shape index (κ3) is 3.92. The van der Waals surface area contributed by atoms with Crippen molar-refractivity contribution in [3.63, 3.8) is 0 Å². The Morgan fingerprint density at radius 1 is 1.19 bits per heavy atom. The van der Waals surface area contributed by atoms with Crippen LogP contribution in [-0.2, 0) is 21.4 Å². The molecule has 0 unspecified atom stereocenters. The minimum atomic E-state index is -3.65. The Bertz CT molecular complexity index is 660. The number of sulfonamides is 1. The van der Waals surface area contributed by atoms with Crippen molar-refractivity contribution in [2.24, 2.45) is 0 Å². The Morgan fingerprint density at radius 3 is 2.24 bits per heavy atom. The predicted molar refractivity (Wildman–Crippen MR) is 79.5 cm³/mol. The van der Waals surface area contributed by atoms with Gasteiger partial charge in [0.15, 0.2) is 0 Å². The molecule has 1 amide bonds. The number of pyridine rings is 1. The van der Waals surface area contributed by atoms with Crippen LogP contribution in [0.1, 0.15) is 13.8 Å². The highest BCUT2D eigenvalue weighted by atomic mass is 32.2. The number of rotatable bonds is 6. The Morgan fingerprint density at radius 2 is 1.76 bits per heavy atom. The SMILES string of the molecule is CCN(CC)S(=O)(=O)c1ccc(=O)n(CC(=O)N(C)C)c1. The topological polar surface area (TPSA) is 79.7 Å². The van der Waals surface area contributed by atoms with Crippen molar-refractivity contribution in [3.05, 3.63) is 28.7 Å². The van der Waals surface area contributed by atoms with E-state index in [1.807, 2.05) is 0 Å². The van der Waals surface area contributed by atoms with E-state index < -0.39 is 15.6 Å². The van der Waals surface area contributed by atoms with Gasteiger partial charge in [-0.15, -0.1) is 0 Å². The molecule has 0 aliphatic rings. The molecule has 0 aromatic carbocycles. The molecule has 118 valence electrons. The molecule has 0 saturated heterocycles. The third-order valence-corrected chi connectivity index (χ3v) is 5.14. The van der Waals surface area contributed by atoms with E-state index in [1.165, 1.54) is 27.5 Å². The summed E-state index contributed by atoms with van der Waals surface area (Å²) in [6, 6.07) is 2.44. The highest BCUT2D eigenvalue weighted by Gasteiger charge is 2.22. The Labute approximate surface area is 124 Å². The largest absolute Gasteiger partial charge is 0.347 e. The molecular formula is C13H21N3O4S. The van der Waals surface area contributed by atoms with E-state index in [-0.39, 0.29) is 17.3 Å². The number of carbonyl (C=O) groups excluding carboxylic acids is 1. The average Bonchev–Trinajstić information content (AvgIpc) is 2.41. The van der Waals surface area contributed by atoms with Crippen LogP contribution in [0.4, 0.5) is 0 Å². The van der Waals surface area contributed by atoms with Crippen molar-refractivity contribution in [1.29, 1.82) is 0 Å². The molecule has 1 heterocycles. The van der Waals surface area contributed by atoms with E-state index in [4.69, 9.17) is 0 Å². The van der Waals surface area contributed by atoms with E-state index in [2.05, 4.69) is 0 Å². The van der Waals surface area contributed by atoms with Gasteiger partial charge in [-0.1, -0.05) is 13.8 Å². The van der Waals surface area contributed by atoms with Crippen molar-refractivity contribution in [3.8, 4) is 0 Å². The molecule has 0 atom stereocenters. The van der Waals surface area contributed by atoms with E-state index in [0.29, 0.717) is 13.1 Å². The standard InChI is InChI=1S/C13H21N3O4S/c1-5-16(6-2)21(19,20)11-7-8-12(17)15(9-11)10-13(18)14(3)4/h7-9H,5-6,10H2,1-4H3. The van der Waals surface area contributed by atoms with Crippen LogP contribution in [0.3, 0.4) is 0 Å². The fourth-order valence-corrected chi connectivity index (χ4v) is 3.26. The molecule has 0 fully saturated rings. The van der Waals surface area contributed by atoms with Crippen molar-refractivity contribution < 1.29 is 13.2 Å². The maximum absolute atomic E-state index is 12.4. The summed E-state index contributed by atoms with van der Waals surface area (Å²) in [6.45, 7) is 3.98. The smallest absolute Gasteiger partial charge is 0.251 e. The van der Waals surface area contributed by atoms with E-state index in [0.717, 1.165) is 4.57 Å². The fraction of sp³-hybridized carbons (Fsp3) is 0.538. The van der Waals surface area contributed by atoms with Crippen LogP contribution in [-0.4, -0.2) is 55.3 Å². The second kappa shape index (κ2) is 6.86. The molecule has 1 aromatic heterocycles.